The molecule has 9 nitrogen and oxygen atoms in total. The number of fused-ring (bicyclic) bond motifs is 3. The van der Waals surface area contributed by atoms with Gasteiger partial charge in [0.25, 0.3) is 0 Å². The van der Waals surface area contributed by atoms with Gasteiger partial charge in [0.2, 0.25) is 0 Å². The summed E-state index contributed by atoms with van der Waals surface area (Å²) in [6.45, 7) is 0. The molecule has 6 aromatic heterocycles. The second kappa shape index (κ2) is 6.52. The van der Waals surface area contributed by atoms with Gasteiger partial charge >= 0.3 is 0 Å². The largest absolute Gasteiger partial charge is 0.264 e. The molecule has 0 amide bonds. The fourth-order valence-corrected chi connectivity index (χ4v) is 3.30. The van der Waals surface area contributed by atoms with E-state index in [1.54, 1.807) is 37.2 Å². The van der Waals surface area contributed by atoms with Gasteiger partial charge in [-0.15, -0.1) is 0 Å². The molecule has 0 fully saturated rings. The summed E-state index contributed by atoms with van der Waals surface area (Å²) in [4.78, 5) is 39.9. The highest BCUT2D eigenvalue weighted by atomic mass is 15.0. The third-order valence-corrected chi connectivity index (χ3v) is 4.71. The van der Waals surface area contributed by atoms with E-state index in [9.17, 15) is 0 Å². The molecular formula is C21H11N9. The lowest BCUT2D eigenvalue weighted by Gasteiger charge is -2.08. The predicted octanol–water partition coefficient (Wildman–Crippen LogP) is 3.04. The molecule has 6 rings (SSSR count). The van der Waals surface area contributed by atoms with Gasteiger partial charge in [0.05, 0.1) is 17.2 Å². The van der Waals surface area contributed by atoms with Crippen molar-refractivity contribution in [3.63, 3.8) is 0 Å². The second-order valence-electron chi connectivity index (χ2n) is 6.51. The van der Waals surface area contributed by atoms with Crippen LogP contribution < -0.4 is 0 Å². The molecule has 0 atom stereocenters. The van der Waals surface area contributed by atoms with Crippen molar-refractivity contribution in [3.05, 3.63) is 67.8 Å². The zero-order valence-corrected chi connectivity index (χ0v) is 15.4. The lowest BCUT2D eigenvalue weighted by Crippen LogP contribution is -1.99. The maximum atomic E-state index is 4.64. The van der Waals surface area contributed by atoms with Crippen molar-refractivity contribution in [2.75, 3.05) is 0 Å². The Bertz CT molecular complexity index is 1450. The molecule has 0 radical (unpaired) electrons. The smallest absolute Gasteiger partial charge is 0.181 e. The Hall–Kier alpha value is -4.53. The van der Waals surface area contributed by atoms with E-state index in [-0.39, 0.29) is 0 Å². The summed E-state index contributed by atoms with van der Waals surface area (Å²) in [5, 5.41) is 1.63. The Morgan fingerprint density at radius 2 is 1.47 bits per heavy atom. The molecule has 6 heterocycles. The van der Waals surface area contributed by atoms with Gasteiger partial charge in [-0.1, -0.05) is 0 Å². The minimum Gasteiger partial charge on any atom is -0.264 e. The Labute approximate surface area is 169 Å². The third kappa shape index (κ3) is 2.60. The van der Waals surface area contributed by atoms with E-state index in [1.165, 1.54) is 6.33 Å². The SMILES string of the molecule is c1cnc2cnc(-c3nccc4c(-c5ncc6cnccc6n5)ncnc34)nc2c1. The van der Waals surface area contributed by atoms with Crippen molar-refractivity contribution in [2.24, 2.45) is 0 Å². The normalized spacial score (nSPS) is 11.3. The van der Waals surface area contributed by atoms with E-state index in [1.807, 2.05) is 24.3 Å². The van der Waals surface area contributed by atoms with Crippen LogP contribution in [0.25, 0.3) is 55.9 Å². The fourth-order valence-electron chi connectivity index (χ4n) is 3.30. The lowest BCUT2D eigenvalue weighted by molar-refractivity contribution is 1.13. The molecule has 9 heteroatoms. The summed E-state index contributed by atoms with van der Waals surface area (Å²) in [7, 11) is 0. The number of hydrogen-bond acceptors (Lipinski definition) is 9. The van der Waals surface area contributed by atoms with Crippen molar-refractivity contribution in [1.82, 2.24) is 44.9 Å². The molecule has 0 aromatic carbocycles. The molecule has 30 heavy (non-hydrogen) atoms. The summed E-state index contributed by atoms with van der Waals surface area (Å²) in [5.41, 5.74) is 4.06. The van der Waals surface area contributed by atoms with Crippen LogP contribution in [0.3, 0.4) is 0 Å². The first-order chi connectivity index (χ1) is 14.9. The van der Waals surface area contributed by atoms with Crippen LogP contribution in [0.2, 0.25) is 0 Å². The number of rotatable bonds is 2. The van der Waals surface area contributed by atoms with Gasteiger partial charge in [-0.25, -0.2) is 29.9 Å². The average molecular weight is 389 g/mol. The van der Waals surface area contributed by atoms with Crippen molar-refractivity contribution < 1.29 is 0 Å². The molecule has 0 aliphatic carbocycles. The standard InChI is InChI=1S/C21H11N9/c1-2-15-16(23-5-1)10-26-21(30-15)19-17-13(3-7-24-19)18(28-11-27-17)20-25-9-12-8-22-6-4-14(12)29-20/h1-11H. The van der Waals surface area contributed by atoms with Crippen molar-refractivity contribution in [1.29, 1.82) is 0 Å². The van der Waals surface area contributed by atoms with Crippen LogP contribution in [0.15, 0.2) is 67.8 Å². The maximum Gasteiger partial charge on any atom is 0.181 e. The van der Waals surface area contributed by atoms with E-state index >= 15 is 0 Å². The van der Waals surface area contributed by atoms with Crippen LogP contribution in [-0.4, -0.2) is 44.9 Å². The summed E-state index contributed by atoms with van der Waals surface area (Å²) in [6, 6.07) is 7.41. The first-order valence-electron chi connectivity index (χ1n) is 9.12. The van der Waals surface area contributed by atoms with Gasteiger partial charge < -0.3 is 0 Å². The maximum absolute atomic E-state index is 4.64. The molecule has 0 N–H and O–H groups in total. The van der Waals surface area contributed by atoms with E-state index in [4.69, 9.17) is 0 Å². The molecule has 0 spiro atoms. The zero-order valence-electron chi connectivity index (χ0n) is 15.4. The summed E-state index contributed by atoms with van der Waals surface area (Å²) in [5.74, 6) is 0.970. The minimum atomic E-state index is 0.469. The number of nitrogens with zero attached hydrogens (tertiary/aromatic N) is 9. The van der Waals surface area contributed by atoms with Gasteiger partial charge in [-0.2, -0.15) is 0 Å². The van der Waals surface area contributed by atoms with E-state index < -0.39 is 0 Å². The van der Waals surface area contributed by atoms with Crippen LogP contribution in [-0.2, 0) is 0 Å². The van der Waals surface area contributed by atoms with E-state index in [0.717, 1.165) is 27.3 Å². The van der Waals surface area contributed by atoms with Crippen LogP contribution in [0.4, 0.5) is 0 Å². The van der Waals surface area contributed by atoms with E-state index in [2.05, 4.69) is 44.9 Å². The molecule has 6 aromatic rings. The predicted molar refractivity (Wildman–Crippen MR) is 110 cm³/mol. The molecule has 140 valence electrons. The van der Waals surface area contributed by atoms with E-state index in [0.29, 0.717) is 28.6 Å². The van der Waals surface area contributed by atoms with Gasteiger partial charge in [-0.05, 0) is 24.3 Å². The molecule has 0 saturated heterocycles. The Balaban J connectivity index is 1.57. The third-order valence-electron chi connectivity index (χ3n) is 4.71. The average Bonchev–Trinajstić information content (AvgIpc) is 2.82. The molecule has 0 saturated carbocycles. The number of aromatic nitrogens is 9. The van der Waals surface area contributed by atoms with Gasteiger partial charge in [0.15, 0.2) is 11.6 Å². The van der Waals surface area contributed by atoms with Gasteiger partial charge in [0, 0.05) is 41.8 Å². The fraction of sp³-hybridized carbons (Fsp3) is 0. The summed E-state index contributed by atoms with van der Waals surface area (Å²) < 4.78 is 0. The molecule has 0 aliphatic heterocycles. The summed E-state index contributed by atoms with van der Waals surface area (Å²) in [6.07, 6.45) is 11.7. The van der Waals surface area contributed by atoms with Crippen LogP contribution in [0.5, 0.6) is 0 Å². The Morgan fingerprint density at radius 1 is 0.567 bits per heavy atom. The van der Waals surface area contributed by atoms with Crippen molar-refractivity contribution >= 4 is 32.8 Å². The quantitative estimate of drug-likeness (QED) is 0.440. The lowest BCUT2D eigenvalue weighted by atomic mass is 10.1. The number of pyridine rings is 3. The first kappa shape index (κ1) is 16.4. The number of hydrogen-bond donors (Lipinski definition) is 0. The van der Waals surface area contributed by atoms with Crippen molar-refractivity contribution in [2.45, 2.75) is 0 Å². The highest BCUT2D eigenvalue weighted by Gasteiger charge is 2.16. The molecule has 0 aliphatic rings. The monoisotopic (exact) mass is 389 g/mol. The first-order valence-corrected chi connectivity index (χ1v) is 9.12. The van der Waals surface area contributed by atoms with Crippen LogP contribution in [0.1, 0.15) is 0 Å². The van der Waals surface area contributed by atoms with Crippen LogP contribution >= 0.6 is 0 Å². The highest BCUT2D eigenvalue weighted by molar-refractivity contribution is 5.97. The Morgan fingerprint density at radius 3 is 2.47 bits per heavy atom. The summed E-state index contributed by atoms with van der Waals surface area (Å²) >= 11 is 0. The highest BCUT2D eigenvalue weighted by Crippen LogP contribution is 2.28. The van der Waals surface area contributed by atoms with Crippen molar-refractivity contribution in [3.8, 4) is 23.0 Å². The molecule has 0 bridgehead atoms. The Kier molecular flexibility index (Phi) is 3.57. The zero-order chi connectivity index (χ0) is 19.9. The second-order valence-corrected chi connectivity index (χ2v) is 6.51. The molecular weight excluding hydrogens is 378 g/mol. The molecule has 0 unspecified atom stereocenters. The van der Waals surface area contributed by atoms with Gasteiger partial charge in [-0.3, -0.25) is 15.0 Å². The minimum absolute atomic E-state index is 0.469. The van der Waals surface area contributed by atoms with Gasteiger partial charge in [0.1, 0.15) is 28.7 Å². The van der Waals surface area contributed by atoms with Crippen LogP contribution in [0, 0.1) is 0 Å². The topological polar surface area (TPSA) is 116 Å².